The van der Waals surface area contributed by atoms with Crippen LogP contribution in [0.25, 0.3) is 22.2 Å². The van der Waals surface area contributed by atoms with Crippen LogP contribution in [0.4, 0.5) is 5.69 Å². The first-order chi connectivity index (χ1) is 19.8. The van der Waals surface area contributed by atoms with Crippen LogP contribution in [0.5, 0.6) is 0 Å². The maximum absolute atomic E-state index is 13.4. The Kier molecular flexibility index (Phi) is 7.14. The number of ether oxygens (including phenoxy) is 1. The Hall–Kier alpha value is -4.36. The van der Waals surface area contributed by atoms with Crippen LogP contribution in [0, 0.1) is 11.8 Å². The van der Waals surface area contributed by atoms with Gasteiger partial charge in [-0.05, 0) is 44.0 Å². The van der Waals surface area contributed by atoms with Crippen molar-refractivity contribution in [3.63, 3.8) is 0 Å². The van der Waals surface area contributed by atoms with E-state index in [9.17, 15) is 19.2 Å². The van der Waals surface area contributed by atoms with Gasteiger partial charge in [-0.25, -0.2) is 9.78 Å². The zero-order chi connectivity index (χ0) is 28.7. The van der Waals surface area contributed by atoms with Crippen LogP contribution in [-0.2, 0) is 14.3 Å². The minimum absolute atomic E-state index is 0.132. The van der Waals surface area contributed by atoms with Crippen molar-refractivity contribution in [1.29, 1.82) is 0 Å². The molecule has 1 aliphatic carbocycles. The second-order valence-electron chi connectivity index (χ2n) is 10.5. The smallest absolute Gasteiger partial charge is 0.339 e. The molecule has 3 unspecified atom stereocenters. The highest BCUT2D eigenvalue weighted by Crippen LogP contribution is 2.40. The van der Waals surface area contributed by atoms with Crippen molar-refractivity contribution in [3.8, 4) is 11.3 Å². The number of benzene rings is 3. The van der Waals surface area contributed by atoms with E-state index in [2.05, 4.69) is 0 Å². The number of rotatable bonds is 6. The molecule has 41 heavy (non-hydrogen) atoms. The number of hydrogen-bond acceptors (Lipinski definition) is 6. The van der Waals surface area contributed by atoms with Crippen molar-refractivity contribution in [1.82, 2.24) is 4.98 Å². The third-order valence-electron chi connectivity index (χ3n) is 7.98. The third-order valence-corrected chi connectivity index (χ3v) is 8.29. The monoisotopic (exact) mass is 566 g/mol. The van der Waals surface area contributed by atoms with E-state index in [0.29, 0.717) is 38.4 Å². The molecule has 1 aliphatic heterocycles. The molecule has 2 aliphatic rings. The Bertz CT molecular complexity index is 1660. The van der Waals surface area contributed by atoms with E-state index in [-0.39, 0.29) is 35.0 Å². The summed E-state index contributed by atoms with van der Waals surface area (Å²) < 4.78 is 5.61. The molecule has 3 atom stereocenters. The summed E-state index contributed by atoms with van der Waals surface area (Å²) in [7, 11) is 0. The average Bonchev–Trinajstić information content (AvgIpc) is 3.26. The number of esters is 1. The van der Waals surface area contributed by atoms with E-state index in [1.54, 1.807) is 79.7 Å². The fraction of sp³-hybridized carbons (Fsp3) is 0.242. The first kappa shape index (κ1) is 26.8. The predicted molar refractivity (Wildman–Crippen MR) is 156 cm³/mol. The molecule has 0 radical (unpaired) electrons. The quantitative estimate of drug-likeness (QED) is 0.147. The Morgan fingerprint density at radius 3 is 2.22 bits per heavy atom. The number of para-hydroxylation sites is 1. The third kappa shape index (κ3) is 4.91. The second-order valence-corrected chi connectivity index (χ2v) is 10.9. The molecule has 0 N–H and O–H groups in total. The van der Waals surface area contributed by atoms with E-state index < -0.39 is 12.1 Å². The molecular formula is C33H27ClN2O5. The number of pyridine rings is 1. The van der Waals surface area contributed by atoms with Gasteiger partial charge in [0.15, 0.2) is 6.10 Å². The lowest BCUT2D eigenvalue weighted by atomic mass is 9.81. The van der Waals surface area contributed by atoms with Crippen molar-refractivity contribution < 1.29 is 23.9 Å². The molecule has 2 heterocycles. The van der Waals surface area contributed by atoms with Gasteiger partial charge in [-0.3, -0.25) is 19.3 Å². The minimum atomic E-state index is -1.01. The number of fused-ring (bicyclic) bond motifs is 2. The zero-order valence-electron chi connectivity index (χ0n) is 22.4. The lowest BCUT2D eigenvalue weighted by molar-refractivity contribution is -0.122. The van der Waals surface area contributed by atoms with Crippen LogP contribution in [0.3, 0.4) is 0 Å². The van der Waals surface area contributed by atoms with Gasteiger partial charge in [0.05, 0.1) is 39.3 Å². The maximum Gasteiger partial charge on any atom is 0.339 e. The predicted octanol–water partition coefficient (Wildman–Crippen LogP) is 6.66. The van der Waals surface area contributed by atoms with Crippen LogP contribution in [0.1, 0.15) is 53.3 Å². The largest absolute Gasteiger partial charge is 0.451 e. The number of imide groups is 1. The van der Waals surface area contributed by atoms with E-state index in [4.69, 9.17) is 21.3 Å². The van der Waals surface area contributed by atoms with Gasteiger partial charge in [-0.2, -0.15) is 0 Å². The summed E-state index contributed by atoms with van der Waals surface area (Å²) in [5, 5.41) is 0.859. The molecule has 1 saturated carbocycles. The van der Waals surface area contributed by atoms with Gasteiger partial charge in [0.1, 0.15) is 0 Å². The molecule has 0 spiro atoms. The number of aromatic nitrogens is 1. The van der Waals surface area contributed by atoms with E-state index in [1.807, 2.05) is 6.07 Å². The fourth-order valence-electron chi connectivity index (χ4n) is 5.84. The molecule has 1 aromatic heterocycles. The minimum Gasteiger partial charge on any atom is -0.451 e. The molecule has 1 saturated heterocycles. The lowest BCUT2D eigenvalue weighted by Gasteiger charge is -2.19. The van der Waals surface area contributed by atoms with Crippen LogP contribution in [0.2, 0.25) is 5.02 Å². The average molecular weight is 567 g/mol. The highest BCUT2D eigenvalue weighted by molar-refractivity contribution is 6.35. The summed E-state index contributed by atoms with van der Waals surface area (Å²) in [5.41, 5.74) is 2.72. The number of carbonyl (C=O) groups excluding carboxylic acids is 4. The topological polar surface area (TPSA) is 93.6 Å². The first-order valence-corrected chi connectivity index (χ1v) is 14.1. The number of halogens is 1. The van der Waals surface area contributed by atoms with Crippen LogP contribution < -0.4 is 4.90 Å². The van der Waals surface area contributed by atoms with Gasteiger partial charge in [-0.15, -0.1) is 0 Å². The zero-order valence-corrected chi connectivity index (χ0v) is 23.1. The van der Waals surface area contributed by atoms with Crippen LogP contribution in [0.15, 0.2) is 78.9 Å². The first-order valence-electron chi connectivity index (χ1n) is 13.7. The number of carbonyl (C=O) groups is 4. The van der Waals surface area contributed by atoms with Gasteiger partial charge < -0.3 is 4.74 Å². The van der Waals surface area contributed by atoms with E-state index in [0.717, 1.165) is 25.7 Å². The van der Waals surface area contributed by atoms with Gasteiger partial charge in [0.25, 0.3) is 0 Å². The Balaban J connectivity index is 1.31. The molecule has 7 nitrogen and oxygen atoms in total. The highest BCUT2D eigenvalue weighted by atomic mass is 35.5. The summed E-state index contributed by atoms with van der Waals surface area (Å²) in [5.74, 6) is -1.71. The summed E-state index contributed by atoms with van der Waals surface area (Å²) in [6.45, 7) is 1.54. The van der Waals surface area contributed by atoms with Crippen molar-refractivity contribution >= 4 is 51.8 Å². The van der Waals surface area contributed by atoms with Crippen molar-refractivity contribution in [2.75, 3.05) is 4.90 Å². The summed E-state index contributed by atoms with van der Waals surface area (Å²) in [6, 6.07) is 22.4. The van der Waals surface area contributed by atoms with Gasteiger partial charge in [-0.1, -0.05) is 79.0 Å². The van der Waals surface area contributed by atoms with Crippen molar-refractivity contribution in [2.45, 2.75) is 38.7 Å². The number of Topliss-reactive ketones (excluding diaryl/α,β-unsaturated/α-hetero) is 1. The lowest BCUT2D eigenvalue weighted by Crippen LogP contribution is -2.30. The fourth-order valence-corrected chi connectivity index (χ4v) is 6.06. The molecule has 4 aromatic rings. The number of anilines is 1. The molecule has 6 rings (SSSR count). The van der Waals surface area contributed by atoms with E-state index in [1.165, 1.54) is 4.90 Å². The van der Waals surface area contributed by atoms with Crippen LogP contribution in [-0.4, -0.2) is 34.7 Å². The number of hydrogen-bond donors (Lipinski definition) is 0. The number of amides is 2. The van der Waals surface area contributed by atoms with Crippen molar-refractivity contribution in [3.05, 3.63) is 95.0 Å². The standard InChI is InChI=1S/C33H27ClN2O5/c1-19(30(37)21-8-3-2-4-9-21)41-33(40)26-18-28(35-29-23(26)12-7-13-27(29)34)20-14-16-22(17-15-20)36-31(38)24-10-5-6-11-25(24)32(36)39/h2-4,7-9,12-19,24-25H,5-6,10-11H2,1H3. The summed E-state index contributed by atoms with van der Waals surface area (Å²) >= 11 is 6.48. The SMILES string of the molecule is CC(OC(=O)c1cc(-c2ccc(N3C(=O)C4CCCCC4C3=O)cc2)nc2c(Cl)cccc12)C(=O)c1ccccc1. The highest BCUT2D eigenvalue weighted by Gasteiger charge is 2.48. The van der Waals surface area contributed by atoms with Gasteiger partial charge in [0, 0.05) is 16.5 Å². The Morgan fingerprint density at radius 1 is 0.902 bits per heavy atom. The molecule has 206 valence electrons. The van der Waals surface area contributed by atoms with Crippen LogP contribution >= 0.6 is 11.6 Å². The molecule has 2 amide bonds. The second kappa shape index (κ2) is 10.9. The Morgan fingerprint density at radius 2 is 1.56 bits per heavy atom. The van der Waals surface area contributed by atoms with Crippen molar-refractivity contribution in [2.24, 2.45) is 11.8 Å². The van der Waals surface area contributed by atoms with Gasteiger partial charge >= 0.3 is 5.97 Å². The molecule has 3 aromatic carbocycles. The number of nitrogens with zero attached hydrogens (tertiary/aromatic N) is 2. The molecule has 0 bridgehead atoms. The Labute approximate surface area is 242 Å². The maximum atomic E-state index is 13.4. The normalized spacial score (nSPS) is 19.2. The van der Waals surface area contributed by atoms with Gasteiger partial charge in [0.2, 0.25) is 17.6 Å². The molecule has 8 heteroatoms. The molecule has 2 fully saturated rings. The van der Waals surface area contributed by atoms with E-state index >= 15 is 0 Å². The molecular weight excluding hydrogens is 540 g/mol. The summed E-state index contributed by atoms with van der Waals surface area (Å²) in [6.07, 6.45) is 2.43. The number of ketones is 1. The summed E-state index contributed by atoms with van der Waals surface area (Å²) in [4.78, 5) is 58.3.